The lowest BCUT2D eigenvalue weighted by Crippen LogP contribution is -2.62. The van der Waals surface area contributed by atoms with Crippen molar-refractivity contribution < 1.29 is 13.0 Å². The average Bonchev–Trinajstić information content (AvgIpc) is 3.21. The van der Waals surface area contributed by atoms with Gasteiger partial charge in [0.1, 0.15) is 0 Å². The average molecular weight is 566 g/mol. The van der Waals surface area contributed by atoms with Gasteiger partial charge in [-0.3, -0.25) is 0 Å². The topological polar surface area (TPSA) is 40.6 Å². The fourth-order valence-electron chi connectivity index (χ4n) is 5.53. The molecule has 1 aromatic rings. The number of hydrogen-bond donors (Lipinski definition) is 0. The number of aryl methyl sites for hydroxylation is 1. The van der Waals surface area contributed by atoms with E-state index in [0.29, 0.717) is 28.1 Å². The molecule has 4 nitrogen and oxygen atoms in total. The Labute approximate surface area is 234 Å². The number of allylic oxidation sites excluding steroid dienone is 1. The molecule has 0 fully saturated rings. The largest absolute Gasteiger partial charge is 0.414 e. The Morgan fingerprint density at radius 1 is 1.00 bits per heavy atom. The highest BCUT2D eigenvalue weighted by atomic mass is 32.1. The lowest BCUT2D eigenvalue weighted by molar-refractivity contribution is 0.122. The van der Waals surface area contributed by atoms with E-state index in [0.717, 1.165) is 30.2 Å². The molecule has 1 aliphatic rings. The van der Waals surface area contributed by atoms with E-state index >= 15 is 0 Å². The van der Waals surface area contributed by atoms with E-state index in [4.69, 9.17) is 18.0 Å². The zero-order valence-electron chi connectivity index (χ0n) is 25.8. The maximum Gasteiger partial charge on any atom is 0.335 e. The summed E-state index contributed by atoms with van der Waals surface area (Å²) >= 11 is 1.70. The molecule has 2 atom stereocenters. The lowest BCUT2D eigenvalue weighted by atomic mass is 10.0. The molecule has 7 heteroatoms. The molecule has 0 saturated carbocycles. The van der Waals surface area contributed by atoms with Crippen LogP contribution < -0.4 is 0 Å². The molecule has 0 N–H and O–H groups in total. The molecule has 0 saturated heterocycles. The van der Waals surface area contributed by atoms with E-state index in [9.17, 15) is 0 Å². The summed E-state index contributed by atoms with van der Waals surface area (Å²) in [6, 6.07) is 0. The van der Waals surface area contributed by atoms with Crippen molar-refractivity contribution in [3.8, 4) is 0 Å². The quantitative estimate of drug-likeness (QED) is 0.254. The van der Waals surface area contributed by atoms with Crippen LogP contribution in [0, 0.1) is 12.8 Å². The lowest BCUT2D eigenvalue weighted by Gasteiger charge is -2.49. The van der Waals surface area contributed by atoms with E-state index in [-0.39, 0.29) is 6.10 Å². The highest BCUT2D eigenvalue weighted by Gasteiger charge is 2.57. The van der Waals surface area contributed by atoms with E-state index in [2.05, 4.69) is 101 Å². The molecule has 212 valence electrons. The fourth-order valence-corrected chi connectivity index (χ4v) is 17.4. The van der Waals surface area contributed by atoms with Gasteiger partial charge in [-0.2, -0.15) is 0 Å². The van der Waals surface area contributed by atoms with Crippen LogP contribution in [0.25, 0.3) is 6.08 Å². The summed E-state index contributed by atoms with van der Waals surface area (Å²) in [5.74, 6) is 0.526. The summed E-state index contributed by atoms with van der Waals surface area (Å²) in [4.78, 5) is 4.71. The normalized spacial score (nSPS) is 24.5. The maximum absolute atomic E-state index is 7.60. The van der Waals surface area contributed by atoms with Gasteiger partial charge in [0.2, 0.25) is 0 Å². The van der Waals surface area contributed by atoms with Crippen molar-refractivity contribution in [2.45, 2.75) is 137 Å². The molecule has 0 bridgehead atoms. The van der Waals surface area contributed by atoms with Crippen LogP contribution in [0.2, 0.25) is 22.2 Å². The van der Waals surface area contributed by atoms with Gasteiger partial charge in [-0.1, -0.05) is 74.0 Å². The second-order valence-corrected chi connectivity index (χ2v) is 22.5. The summed E-state index contributed by atoms with van der Waals surface area (Å²) in [6.45, 7) is 28.1. The monoisotopic (exact) mass is 565 g/mol. The Bertz CT molecular complexity index is 890. The van der Waals surface area contributed by atoms with Crippen molar-refractivity contribution >= 4 is 34.5 Å². The minimum atomic E-state index is -2.74. The van der Waals surface area contributed by atoms with Crippen LogP contribution in [0.15, 0.2) is 22.6 Å². The molecule has 0 amide bonds. The van der Waals surface area contributed by atoms with Gasteiger partial charge in [-0.25, -0.2) is 4.98 Å². The molecule has 0 radical (unpaired) electrons. The number of hydrogen-bond acceptors (Lipinski definition) is 5. The van der Waals surface area contributed by atoms with Crippen LogP contribution in [0.3, 0.4) is 0 Å². The molecule has 0 spiro atoms. The first-order chi connectivity index (χ1) is 17.2. The Balaban J connectivity index is 2.67. The van der Waals surface area contributed by atoms with Gasteiger partial charge in [-0.15, -0.1) is 11.3 Å². The summed E-state index contributed by atoms with van der Waals surface area (Å²) in [5, 5.41) is 3.23. The smallest absolute Gasteiger partial charge is 0.335 e. The van der Waals surface area contributed by atoms with Crippen LogP contribution >= 0.6 is 11.3 Å². The van der Waals surface area contributed by atoms with Crippen molar-refractivity contribution in [3.63, 3.8) is 0 Å². The van der Waals surface area contributed by atoms with Crippen molar-refractivity contribution in [1.29, 1.82) is 0 Å². The summed E-state index contributed by atoms with van der Waals surface area (Å²) < 4.78 is 22.0. The molecule has 2 heterocycles. The van der Waals surface area contributed by atoms with Crippen molar-refractivity contribution in [2.24, 2.45) is 5.92 Å². The van der Waals surface area contributed by atoms with Gasteiger partial charge in [0.25, 0.3) is 0 Å². The molecule has 1 aromatic heterocycles. The van der Waals surface area contributed by atoms with Gasteiger partial charge >= 0.3 is 17.1 Å². The third-order valence-corrected chi connectivity index (χ3v) is 19.0. The third-order valence-electron chi connectivity index (χ3n) is 7.93. The Kier molecular flexibility index (Phi) is 12.5. The third kappa shape index (κ3) is 8.45. The van der Waals surface area contributed by atoms with E-state index in [1.165, 1.54) is 24.0 Å². The highest BCUT2D eigenvalue weighted by molar-refractivity contribution is 7.09. The molecular formula is C30H55NO3SSi2. The van der Waals surface area contributed by atoms with Crippen LogP contribution in [-0.4, -0.2) is 34.8 Å². The molecule has 0 unspecified atom stereocenters. The maximum atomic E-state index is 7.60. The predicted molar refractivity (Wildman–Crippen MR) is 166 cm³/mol. The molecule has 0 aromatic carbocycles. The van der Waals surface area contributed by atoms with Gasteiger partial charge in [-0.05, 0) is 86.2 Å². The van der Waals surface area contributed by atoms with Crippen molar-refractivity contribution in [2.75, 3.05) is 6.61 Å². The Hall–Kier alpha value is -0.576. The van der Waals surface area contributed by atoms with E-state index in [1.54, 1.807) is 11.3 Å². The minimum absolute atomic E-state index is 0.0405. The molecular weight excluding hydrogens is 511 g/mol. The summed E-state index contributed by atoms with van der Waals surface area (Å²) in [5.41, 5.74) is 4.98. The Morgan fingerprint density at radius 2 is 1.59 bits per heavy atom. The van der Waals surface area contributed by atoms with Crippen molar-refractivity contribution in [1.82, 2.24) is 4.98 Å². The summed E-state index contributed by atoms with van der Waals surface area (Å²) in [7, 11) is -5.34. The first-order valence-electron chi connectivity index (χ1n) is 14.5. The molecule has 37 heavy (non-hydrogen) atoms. The second kappa shape index (κ2) is 14.2. The molecule has 2 rings (SSSR count). The number of thiazole rings is 1. The second-order valence-electron chi connectivity index (χ2n) is 12.5. The van der Waals surface area contributed by atoms with Gasteiger partial charge in [0, 0.05) is 12.0 Å². The van der Waals surface area contributed by atoms with E-state index in [1.807, 2.05) is 0 Å². The zero-order chi connectivity index (χ0) is 28.0. The van der Waals surface area contributed by atoms with Crippen LogP contribution in [0.5, 0.6) is 0 Å². The molecule has 1 aliphatic heterocycles. The van der Waals surface area contributed by atoms with Crippen LogP contribution in [0.4, 0.5) is 0 Å². The first-order valence-corrected chi connectivity index (χ1v) is 19.3. The SMILES string of the molecule is CC1=CC[C@@H](/C(C)=C/c2csc(C)n2)O[Si](C(C)C)(C(C)C)O[Si](C(C)C)(C(C)C)OC[C@@H](C)CCC1. The number of aromatic nitrogens is 1. The minimum Gasteiger partial charge on any atom is -0.414 e. The zero-order valence-corrected chi connectivity index (χ0v) is 28.6. The molecule has 0 aliphatic carbocycles. The van der Waals surface area contributed by atoms with E-state index < -0.39 is 17.1 Å². The van der Waals surface area contributed by atoms with Gasteiger partial charge in [0.15, 0.2) is 0 Å². The fraction of sp³-hybridized carbons (Fsp3) is 0.767. The van der Waals surface area contributed by atoms with Crippen molar-refractivity contribution in [3.05, 3.63) is 33.3 Å². The number of nitrogens with zero attached hydrogens (tertiary/aromatic N) is 1. The van der Waals surface area contributed by atoms with Crippen LogP contribution in [0.1, 0.15) is 113 Å². The predicted octanol–water partition coefficient (Wildman–Crippen LogP) is 9.95. The van der Waals surface area contributed by atoms with Crippen LogP contribution in [-0.2, 0) is 13.0 Å². The van der Waals surface area contributed by atoms with Gasteiger partial charge in [0.05, 0.1) is 16.8 Å². The highest BCUT2D eigenvalue weighted by Crippen LogP contribution is 2.45. The standard InChI is InChI=1S/C30H55NO3SSi2/c1-21(2)36(22(3)4)32-19-26(10)15-13-14-25(9)16-17-30(27(11)18-29-20-35-28(12)31-29)33-37(34-36,23(5)6)24(7)8/h16,18,20-24,26,30H,13-15,17,19H2,1-12H3/b25-16?,27-18+/t26-,30-/m0/s1. The number of rotatable bonds is 6. The Morgan fingerprint density at radius 3 is 2.11 bits per heavy atom. The first kappa shape index (κ1) is 32.6. The summed E-state index contributed by atoms with van der Waals surface area (Å²) in [6.07, 6.45) is 8.97. The van der Waals surface area contributed by atoms with Gasteiger partial charge < -0.3 is 13.0 Å².